The van der Waals surface area contributed by atoms with E-state index in [4.69, 9.17) is 23.2 Å². The van der Waals surface area contributed by atoms with E-state index in [1.807, 2.05) is 0 Å². The largest absolute Gasteiger partial charge is 0.285 e. The lowest BCUT2D eigenvalue weighted by molar-refractivity contribution is 0.145. The van der Waals surface area contributed by atoms with Crippen LogP contribution >= 0.6 is 23.2 Å². The maximum atomic E-state index is 12.9. The molecule has 1 saturated carbocycles. The number of hydrogen-bond donors (Lipinski definition) is 0. The highest BCUT2D eigenvalue weighted by Crippen LogP contribution is 2.56. The minimum Gasteiger partial charge on any atom is -0.285 e. The van der Waals surface area contributed by atoms with Crippen molar-refractivity contribution in [1.82, 2.24) is 14.8 Å². The molecule has 2 aromatic heterocycles. The molecular formula is C14H10Cl2F2N3O. The van der Waals surface area contributed by atoms with Crippen LogP contribution in [-0.4, -0.2) is 21.1 Å². The average molecular weight is 345 g/mol. The topological polar surface area (TPSA) is 47.8 Å². The molecule has 115 valence electrons. The summed E-state index contributed by atoms with van der Waals surface area (Å²) in [6, 6.07) is 1.58. The highest BCUT2D eigenvalue weighted by atomic mass is 35.5. The molecule has 2 aromatic rings. The van der Waals surface area contributed by atoms with E-state index in [0.29, 0.717) is 27.9 Å². The van der Waals surface area contributed by atoms with E-state index >= 15 is 0 Å². The Morgan fingerprint density at radius 2 is 2.14 bits per heavy atom. The quantitative estimate of drug-likeness (QED) is 0.847. The van der Waals surface area contributed by atoms with Crippen molar-refractivity contribution >= 4 is 29.5 Å². The average Bonchev–Trinajstić information content (AvgIpc) is 3.14. The van der Waals surface area contributed by atoms with Crippen LogP contribution in [0, 0.1) is 0 Å². The third kappa shape index (κ3) is 2.50. The Labute approximate surface area is 135 Å². The normalized spacial score (nSPS) is 20.5. The summed E-state index contributed by atoms with van der Waals surface area (Å²) in [6.45, 7) is 0. The lowest BCUT2D eigenvalue weighted by Gasteiger charge is -2.04. The first-order valence-electron chi connectivity index (χ1n) is 6.48. The molecule has 4 nitrogen and oxygen atoms in total. The standard InChI is InChI=1S/C14H10Cl2F2N3O/c1-21-13(9(5-22)12(20-21)14(17)18)8-3-7(8)11-10(16)2-6(15)4-19-11/h2,4,7-8,14H,3H2,1H3. The third-order valence-electron chi connectivity index (χ3n) is 3.76. The molecule has 0 amide bonds. The van der Waals surface area contributed by atoms with E-state index < -0.39 is 12.1 Å². The molecule has 8 heteroatoms. The van der Waals surface area contributed by atoms with Crippen LogP contribution in [-0.2, 0) is 11.8 Å². The lowest BCUT2D eigenvalue weighted by atomic mass is 10.1. The smallest absolute Gasteiger partial charge is 0.282 e. The van der Waals surface area contributed by atoms with Crippen LogP contribution in [0.25, 0.3) is 0 Å². The van der Waals surface area contributed by atoms with E-state index in [1.165, 1.54) is 17.9 Å². The fourth-order valence-electron chi connectivity index (χ4n) is 2.74. The third-order valence-corrected chi connectivity index (χ3v) is 4.27. The van der Waals surface area contributed by atoms with Gasteiger partial charge >= 0.3 is 0 Å². The molecule has 0 bridgehead atoms. The second kappa shape index (κ2) is 5.59. The predicted molar refractivity (Wildman–Crippen MR) is 77.3 cm³/mol. The van der Waals surface area contributed by atoms with Gasteiger partial charge in [0.1, 0.15) is 5.69 Å². The zero-order valence-corrected chi connectivity index (χ0v) is 12.9. The SMILES string of the molecule is Cn1nc(C(F)F)c([C]=O)c1C1CC1c1ncc(Cl)cc1Cl. The Hall–Kier alpha value is -1.53. The van der Waals surface area contributed by atoms with Crippen LogP contribution in [0.5, 0.6) is 0 Å². The minimum atomic E-state index is -2.81. The first-order chi connectivity index (χ1) is 10.4. The second-order valence-electron chi connectivity index (χ2n) is 5.14. The van der Waals surface area contributed by atoms with Gasteiger partial charge in [-0.25, -0.2) is 8.78 Å². The van der Waals surface area contributed by atoms with Crippen LogP contribution in [0.2, 0.25) is 10.0 Å². The first-order valence-corrected chi connectivity index (χ1v) is 7.23. The van der Waals surface area contributed by atoms with E-state index in [2.05, 4.69) is 10.1 Å². The molecule has 2 atom stereocenters. The van der Waals surface area contributed by atoms with Crippen LogP contribution in [0.15, 0.2) is 12.3 Å². The van der Waals surface area contributed by atoms with Crippen LogP contribution < -0.4 is 0 Å². The number of alkyl halides is 2. The van der Waals surface area contributed by atoms with Gasteiger partial charge in [-0.1, -0.05) is 23.2 Å². The summed E-state index contributed by atoms with van der Waals surface area (Å²) >= 11 is 11.9. The molecule has 0 saturated heterocycles. The van der Waals surface area contributed by atoms with Crippen molar-refractivity contribution in [3.8, 4) is 0 Å². The number of aryl methyl sites for hydroxylation is 1. The maximum absolute atomic E-state index is 12.9. The van der Waals surface area contributed by atoms with Gasteiger partial charge in [0.15, 0.2) is 0 Å². The number of aromatic nitrogens is 3. The summed E-state index contributed by atoms with van der Waals surface area (Å²) in [6.07, 6.45) is 0.924. The van der Waals surface area contributed by atoms with Crippen molar-refractivity contribution in [3.05, 3.63) is 45.0 Å². The Balaban J connectivity index is 1.96. The number of halogens is 4. The second-order valence-corrected chi connectivity index (χ2v) is 5.98. The van der Waals surface area contributed by atoms with Crippen LogP contribution in [0.1, 0.15) is 47.3 Å². The van der Waals surface area contributed by atoms with Gasteiger partial charge in [0.05, 0.1) is 27.0 Å². The molecule has 0 N–H and O–H groups in total. The van der Waals surface area contributed by atoms with Crippen molar-refractivity contribution in [2.45, 2.75) is 24.7 Å². The summed E-state index contributed by atoms with van der Waals surface area (Å²) < 4.78 is 27.2. The Morgan fingerprint density at radius 3 is 2.73 bits per heavy atom. The summed E-state index contributed by atoms with van der Waals surface area (Å²) in [7, 11) is 1.54. The molecule has 1 aliphatic rings. The van der Waals surface area contributed by atoms with Crippen molar-refractivity contribution < 1.29 is 13.6 Å². The van der Waals surface area contributed by atoms with Gasteiger partial charge in [-0.3, -0.25) is 14.5 Å². The van der Waals surface area contributed by atoms with Gasteiger partial charge in [-0.05, 0) is 12.5 Å². The molecule has 22 heavy (non-hydrogen) atoms. The van der Waals surface area contributed by atoms with Crippen LogP contribution in [0.3, 0.4) is 0 Å². The van der Waals surface area contributed by atoms with E-state index in [9.17, 15) is 13.6 Å². The van der Waals surface area contributed by atoms with Gasteiger partial charge < -0.3 is 0 Å². The molecule has 0 aromatic carbocycles. The fourth-order valence-corrected chi connectivity index (χ4v) is 3.26. The minimum absolute atomic E-state index is 0.0437. The van der Waals surface area contributed by atoms with Gasteiger partial charge in [0, 0.05) is 25.1 Å². The highest BCUT2D eigenvalue weighted by molar-refractivity contribution is 6.34. The van der Waals surface area contributed by atoms with Crippen molar-refractivity contribution in [2.24, 2.45) is 7.05 Å². The van der Waals surface area contributed by atoms with Crippen molar-refractivity contribution in [2.75, 3.05) is 0 Å². The van der Waals surface area contributed by atoms with Gasteiger partial charge in [-0.15, -0.1) is 0 Å². The molecule has 2 unspecified atom stereocenters. The van der Waals surface area contributed by atoms with Gasteiger partial charge in [0.2, 0.25) is 6.29 Å². The molecule has 3 rings (SSSR count). The first kappa shape index (κ1) is 15.4. The molecule has 2 heterocycles. The number of carbonyl (C=O) groups excluding carboxylic acids is 1. The zero-order valence-electron chi connectivity index (χ0n) is 11.4. The van der Waals surface area contributed by atoms with Crippen LogP contribution in [0.4, 0.5) is 8.78 Å². The molecular weight excluding hydrogens is 335 g/mol. The Bertz CT molecular complexity index is 748. The van der Waals surface area contributed by atoms with Gasteiger partial charge in [0.25, 0.3) is 6.43 Å². The van der Waals surface area contributed by atoms with Crippen molar-refractivity contribution in [3.63, 3.8) is 0 Å². The number of pyridine rings is 1. The zero-order chi connectivity index (χ0) is 16.0. The summed E-state index contributed by atoms with van der Waals surface area (Å²) in [4.78, 5) is 15.3. The van der Waals surface area contributed by atoms with Gasteiger partial charge in [-0.2, -0.15) is 5.10 Å². The highest BCUT2D eigenvalue weighted by Gasteiger charge is 2.46. The monoisotopic (exact) mass is 344 g/mol. The predicted octanol–water partition coefficient (Wildman–Crippen LogP) is 3.79. The Kier molecular flexibility index (Phi) is 3.91. The Morgan fingerprint density at radius 1 is 1.41 bits per heavy atom. The summed E-state index contributed by atoms with van der Waals surface area (Å²) in [5, 5.41) is 4.58. The number of nitrogens with zero attached hydrogens (tertiary/aromatic N) is 3. The number of hydrogen-bond acceptors (Lipinski definition) is 3. The molecule has 1 radical (unpaired) electrons. The summed E-state index contributed by atoms with van der Waals surface area (Å²) in [5.41, 5.74) is 0.402. The van der Waals surface area contributed by atoms with E-state index in [-0.39, 0.29) is 17.4 Å². The lowest BCUT2D eigenvalue weighted by Crippen LogP contribution is -2.00. The fraction of sp³-hybridized carbons (Fsp3) is 0.357. The summed E-state index contributed by atoms with van der Waals surface area (Å²) in [5.74, 6) is -0.176. The molecule has 0 spiro atoms. The molecule has 1 fully saturated rings. The molecule has 1 aliphatic carbocycles. The maximum Gasteiger partial charge on any atom is 0.282 e. The van der Waals surface area contributed by atoms with E-state index in [1.54, 1.807) is 12.4 Å². The van der Waals surface area contributed by atoms with E-state index in [0.717, 1.165) is 0 Å². The molecule has 0 aliphatic heterocycles. The van der Waals surface area contributed by atoms with Crippen molar-refractivity contribution in [1.29, 1.82) is 0 Å². The number of rotatable bonds is 4.